The molecule has 3 aromatic rings. The Morgan fingerprint density at radius 2 is 1.97 bits per heavy atom. The first-order valence-electron chi connectivity index (χ1n) is 11.9. The van der Waals surface area contributed by atoms with Crippen LogP contribution in [-0.4, -0.2) is 46.4 Å². The van der Waals surface area contributed by atoms with E-state index in [1.54, 1.807) is 25.4 Å². The topological polar surface area (TPSA) is 142 Å². The van der Waals surface area contributed by atoms with Crippen molar-refractivity contribution in [3.8, 4) is 0 Å². The summed E-state index contributed by atoms with van der Waals surface area (Å²) < 4.78 is 65.3. The summed E-state index contributed by atoms with van der Waals surface area (Å²) in [6, 6.07) is 0.872. The van der Waals surface area contributed by atoms with Crippen LogP contribution in [0.5, 0.6) is 0 Å². The summed E-state index contributed by atoms with van der Waals surface area (Å²) >= 11 is 6.30. The van der Waals surface area contributed by atoms with Gasteiger partial charge in [-0.05, 0) is 29.3 Å². The monoisotopic (exact) mass is 539 g/mol. The Bertz CT molecular complexity index is 1680. The van der Waals surface area contributed by atoms with Crippen molar-refractivity contribution in [3.63, 3.8) is 0 Å². The van der Waals surface area contributed by atoms with E-state index < -0.39 is 60.4 Å². The highest BCUT2D eigenvalue weighted by Gasteiger charge is 2.20. The molecule has 4 rings (SSSR count). The van der Waals surface area contributed by atoms with Gasteiger partial charge in [0.05, 0.1) is 30.8 Å². The number of nitrogens with two attached hydrogens (primary N) is 1. The predicted octanol–water partition coefficient (Wildman–Crippen LogP) is 0.954. The van der Waals surface area contributed by atoms with Crippen LogP contribution in [0.2, 0.25) is 0 Å². The van der Waals surface area contributed by atoms with Crippen molar-refractivity contribution in [2.24, 2.45) is 12.8 Å². The summed E-state index contributed by atoms with van der Waals surface area (Å²) in [5, 5.41) is 14.8. The lowest BCUT2D eigenvalue weighted by Gasteiger charge is -2.19. The quantitative estimate of drug-likeness (QED) is 0.255. The molecule has 16 heteroatoms. The van der Waals surface area contributed by atoms with E-state index in [1.165, 1.54) is 5.01 Å². The number of aromatic nitrogens is 7. The number of hydrogen-bond donors (Lipinski definition) is 2. The van der Waals surface area contributed by atoms with Gasteiger partial charge in [-0.1, -0.05) is 17.7 Å². The molecule has 37 heavy (non-hydrogen) atoms. The van der Waals surface area contributed by atoms with Crippen LogP contribution in [-0.2, 0) is 20.1 Å². The van der Waals surface area contributed by atoms with E-state index in [2.05, 4.69) is 25.7 Å². The molecule has 0 unspecified atom stereocenters. The molecule has 1 aromatic carbocycles. The van der Waals surface area contributed by atoms with Crippen LogP contribution in [0.3, 0.4) is 0 Å². The fourth-order valence-corrected chi connectivity index (χ4v) is 3.58. The highest BCUT2D eigenvalue weighted by atomic mass is 35.5. The minimum atomic E-state index is -2.76. The summed E-state index contributed by atoms with van der Waals surface area (Å²) in [5.41, 5.74) is -1.76. The number of nitrogens with one attached hydrogen (secondary N) is 1. The summed E-state index contributed by atoms with van der Waals surface area (Å²) in [4.78, 5) is 30.5. The normalized spacial score (nSPS) is 16.1. The average molecular weight is 540 g/mol. The molecule has 12 nitrogen and oxygen atoms in total. The van der Waals surface area contributed by atoms with Gasteiger partial charge in [-0.15, -0.1) is 10.2 Å². The van der Waals surface area contributed by atoms with Crippen LogP contribution < -0.4 is 22.5 Å². The minimum Gasteiger partial charge on any atom is -0.324 e. The molecular weight excluding hydrogens is 517 g/mol. The van der Waals surface area contributed by atoms with Crippen molar-refractivity contribution >= 4 is 17.5 Å². The van der Waals surface area contributed by atoms with Gasteiger partial charge >= 0.3 is 11.4 Å². The lowest BCUT2D eigenvalue weighted by atomic mass is 10.1. The maximum absolute atomic E-state index is 14.5. The van der Waals surface area contributed by atoms with Crippen molar-refractivity contribution in [2.75, 3.05) is 12.4 Å². The van der Waals surface area contributed by atoms with Crippen LogP contribution in [0.1, 0.15) is 21.9 Å². The van der Waals surface area contributed by atoms with Crippen LogP contribution >= 0.6 is 11.6 Å². The molecule has 1 aliphatic carbocycles. The molecule has 3 N–H and O–H groups in total. The summed E-state index contributed by atoms with van der Waals surface area (Å²) in [6.45, 7) is -4.12. The third-order valence-corrected chi connectivity index (χ3v) is 5.40. The van der Waals surface area contributed by atoms with Gasteiger partial charge in [0.2, 0.25) is 5.95 Å². The SMILES string of the molecule is [2H]C([2H])([2H])n1nnc(Cn2c(=O)nc(NC3=C/C(=C/N(C)N)CC=C3Cl)n(Cc3cc(F)c(F)cc3F)c2=O)n1. The average Bonchev–Trinajstić information content (AvgIpc) is 3.33. The maximum Gasteiger partial charge on any atom is 0.355 e. The molecule has 1 aliphatic rings. The van der Waals surface area contributed by atoms with E-state index >= 15 is 0 Å². The first-order valence-corrected chi connectivity index (χ1v) is 10.8. The number of rotatable bonds is 7. The molecule has 0 spiro atoms. The lowest BCUT2D eigenvalue weighted by molar-refractivity contribution is 0.481. The molecule has 194 valence electrons. The Hall–Kier alpha value is -4.24. The Labute approximate surface area is 216 Å². The molecule has 0 radical (unpaired) electrons. The highest BCUT2D eigenvalue weighted by molar-refractivity contribution is 6.32. The van der Waals surface area contributed by atoms with Gasteiger partial charge in [0.1, 0.15) is 5.82 Å². The van der Waals surface area contributed by atoms with Crippen molar-refractivity contribution < 1.29 is 17.3 Å². The van der Waals surface area contributed by atoms with E-state index in [1.807, 2.05) is 0 Å². The van der Waals surface area contributed by atoms with Crippen LogP contribution in [0.4, 0.5) is 19.1 Å². The van der Waals surface area contributed by atoms with Gasteiger partial charge < -0.3 is 10.3 Å². The number of allylic oxidation sites excluding steroid dienone is 4. The number of nitrogens with zero attached hydrogens (tertiary/aromatic N) is 8. The van der Waals surface area contributed by atoms with E-state index in [9.17, 15) is 22.8 Å². The Morgan fingerprint density at radius 1 is 1.22 bits per heavy atom. The lowest BCUT2D eigenvalue weighted by Crippen LogP contribution is -2.43. The predicted molar refractivity (Wildman–Crippen MR) is 126 cm³/mol. The number of hydrazine groups is 1. The highest BCUT2D eigenvalue weighted by Crippen LogP contribution is 2.26. The zero-order chi connectivity index (χ0) is 29.4. The van der Waals surface area contributed by atoms with Gasteiger partial charge in [0.15, 0.2) is 17.5 Å². The van der Waals surface area contributed by atoms with E-state index in [-0.39, 0.29) is 16.6 Å². The number of tetrazole rings is 1. The number of aryl methyl sites for hydroxylation is 1. The Kier molecular flexibility index (Phi) is 6.18. The molecule has 0 saturated heterocycles. The van der Waals surface area contributed by atoms with Crippen LogP contribution in [0, 0.1) is 17.5 Å². The second kappa shape index (κ2) is 10.4. The van der Waals surface area contributed by atoms with Gasteiger partial charge in [-0.2, -0.15) is 9.78 Å². The van der Waals surface area contributed by atoms with Gasteiger partial charge in [-0.25, -0.2) is 33.2 Å². The standard InChI is InChI=1S/C21H20ClF3N10O2/c1-32(26)8-11-3-4-13(22)17(5-11)27-19-28-20(36)35(10-18-29-31-33(2)30-18)21(37)34(19)9-12-6-15(24)16(25)7-14(12)23/h4-8H,3,9-10,26H2,1-2H3,(H,27,28,36)/b11-8+/i2D3. The summed E-state index contributed by atoms with van der Waals surface area (Å²) in [7, 11) is 1.59. The zero-order valence-corrected chi connectivity index (χ0v) is 19.7. The van der Waals surface area contributed by atoms with E-state index in [0.29, 0.717) is 33.5 Å². The van der Waals surface area contributed by atoms with Crippen molar-refractivity contribution in [1.29, 1.82) is 0 Å². The fraction of sp³-hybridized carbons (Fsp3) is 0.238. The van der Waals surface area contributed by atoms with Gasteiger partial charge in [0, 0.05) is 29.0 Å². The second-order valence-electron chi connectivity index (χ2n) is 7.83. The van der Waals surface area contributed by atoms with Crippen molar-refractivity contribution in [2.45, 2.75) is 19.5 Å². The van der Waals surface area contributed by atoms with E-state index in [0.717, 1.165) is 4.57 Å². The third kappa shape index (κ3) is 5.78. The number of benzene rings is 1. The molecule has 0 aliphatic heterocycles. The zero-order valence-electron chi connectivity index (χ0n) is 22.0. The van der Waals surface area contributed by atoms with Crippen LogP contribution in [0.15, 0.2) is 56.4 Å². The van der Waals surface area contributed by atoms with Gasteiger partial charge in [0.25, 0.3) is 0 Å². The summed E-state index contributed by atoms with van der Waals surface area (Å²) in [6.07, 6.45) is 5.20. The largest absolute Gasteiger partial charge is 0.355 e. The fourth-order valence-electron chi connectivity index (χ4n) is 3.40. The number of hydrogen-bond acceptors (Lipinski definition) is 9. The molecule has 0 saturated carbocycles. The smallest absolute Gasteiger partial charge is 0.324 e. The van der Waals surface area contributed by atoms with Crippen molar-refractivity contribution in [3.05, 3.63) is 96.6 Å². The third-order valence-electron chi connectivity index (χ3n) is 5.04. The molecule has 0 fully saturated rings. The Balaban J connectivity index is 1.82. The number of anilines is 1. The molecule has 2 aromatic heterocycles. The molecule has 0 atom stereocenters. The first kappa shape index (κ1) is 22.0. The maximum atomic E-state index is 14.5. The molecule has 0 bridgehead atoms. The second-order valence-corrected chi connectivity index (χ2v) is 8.24. The number of halogens is 4. The minimum absolute atomic E-state index is 0.200. The van der Waals surface area contributed by atoms with Gasteiger partial charge in [-0.3, -0.25) is 4.57 Å². The van der Waals surface area contributed by atoms with E-state index in [4.69, 9.17) is 21.6 Å². The Morgan fingerprint density at radius 3 is 2.68 bits per heavy atom. The van der Waals surface area contributed by atoms with Crippen molar-refractivity contribution in [1.82, 2.24) is 39.3 Å². The summed E-state index contributed by atoms with van der Waals surface area (Å²) in [5.74, 6) is 0.967. The molecule has 0 amide bonds. The van der Waals surface area contributed by atoms with Crippen LogP contribution in [0.25, 0.3) is 0 Å². The molecular formula is C21H20ClF3N10O2. The molecule has 2 heterocycles. The first-order chi connectivity index (χ1) is 18.7.